The summed E-state index contributed by atoms with van der Waals surface area (Å²) in [6.45, 7) is 6.69. The second kappa shape index (κ2) is 4.49. The highest BCUT2D eigenvalue weighted by atomic mass is 16.4. The van der Waals surface area contributed by atoms with Gasteiger partial charge in [0.05, 0.1) is 5.41 Å². The molecule has 1 rings (SSSR count). The van der Waals surface area contributed by atoms with Gasteiger partial charge in [0, 0.05) is 6.42 Å². The zero-order valence-electron chi connectivity index (χ0n) is 10.5. The van der Waals surface area contributed by atoms with E-state index in [9.17, 15) is 9.90 Å². The third-order valence-electron chi connectivity index (χ3n) is 4.06. The third kappa shape index (κ3) is 2.58. The van der Waals surface area contributed by atoms with Crippen LogP contribution in [0, 0.1) is 29.1 Å². The van der Waals surface area contributed by atoms with Crippen molar-refractivity contribution in [2.24, 2.45) is 16.7 Å². The van der Waals surface area contributed by atoms with Gasteiger partial charge in [-0.15, -0.1) is 12.3 Å². The van der Waals surface area contributed by atoms with E-state index in [0.29, 0.717) is 12.3 Å². The number of carbonyl (C=O) groups is 1. The van der Waals surface area contributed by atoms with Crippen LogP contribution in [0.1, 0.15) is 52.9 Å². The van der Waals surface area contributed by atoms with Gasteiger partial charge in [0.1, 0.15) is 0 Å². The van der Waals surface area contributed by atoms with Crippen molar-refractivity contribution in [1.29, 1.82) is 0 Å². The Kier molecular flexibility index (Phi) is 3.68. The van der Waals surface area contributed by atoms with E-state index < -0.39 is 11.4 Å². The molecule has 1 aliphatic carbocycles. The SMILES string of the molecule is C#CCC1(C(=O)O)CCC(C(C)(C)C)CC1. The van der Waals surface area contributed by atoms with Gasteiger partial charge in [0.15, 0.2) is 0 Å². The average Bonchev–Trinajstić information content (AvgIpc) is 2.17. The van der Waals surface area contributed by atoms with Crippen LogP contribution < -0.4 is 0 Å². The second-order valence-electron chi connectivity index (χ2n) is 6.11. The molecule has 0 bridgehead atoms. The molecule has 0 atom stereocenters. The molecular weight excluding hydrogens is 200 g/mol. The number of carboxylic acids is 1. The molecule has 0 aliphatic heterocycles. The first-order chi connectivity index (χ1) is 7.32. The van der Waals surface area contributed by atoms with E-state index >= 15 is 0 Å². The van der Waals surface area contributed by atoms with Crippen molar-refractivity contribution in [2.45, 2.75) is 52.9 Å². The maximum absolute atomic E-state index is 11.3. The zero-order valence-corrected chi connectivity index (χ0v) is 10.5. The van der Waals surface area contributed by atoms with Crippen LogP contribution in [-0.2, 0) is 4.79 Å². The molecule has 90 valence electrons. The van der Waals surface area contributed by atoms with Gasteiger partial charge in [-0.3, -0.25) is 4.79 Å². The van der Waals surface area contributed by atoms with Gasteiger partial charge >= 0.3 is 5.97 Å². The molecule has 0 unspecified atom stereocenters. The number of hydrogen-bond donors (Lipinski definition) is 1. The van der Waals surface area contributed by atoms with Crippen LogP contribution in [0.3, 0.4) is 0 Å². The van der Waals surface area contributed by atoms with Crippen molar-refractivity contribution >= 4 is 5.97 Å². The second-order valence-corrected chi connectivity index (χ2v) is 6.11. The predicted molar refractivity (Wildman–Crippen MR) is 64.9 cm³/mol. The largest absolute Gasteiger partial charge is 0.481 e. The number of rotatable bonds is 2. The van der Waals surface area contributed by atoms with Gasteiger partial charge in [-0.2, -0.15) is 0 Å². The molecule has 0 aromatic carbocycles. The normalized spacial score (nSPS) is 30.8. The zero-order chi connectivity index (χ0) is 12.4. The highest BCUT2D eigenvalue weighted by Crippen LogP contribution is 2.46. The van der Waals surface area contributed by atoms with Crippen molar-refractivity contribution < 1.29 is 9.90 Å². The van der Waals surface area contributed by atoms with Gasteiger partial charge in [0.2, 0.25) is 0 Å². The smallest absolute Gasteiger partial charge is 0.310 e. The standard InChI is InChI=1S/C14H22O2/c1-5-8-14(12(15)16)9-6-11(7-10-14)13(2,3)4/h1,11H,6-10H2,2-4H3,(H,15,16). The minimum absolute atomic E-state index is 0.279. The minimum Gasteiger partial charge on any atom is -0.481 e. The van der Waals surface area contributed by atoms with Crippen molar-refractivity contribution in [3.8, 4) is 12.3 Å². The highest BCUT2D eigenvalue weighted by Gasteiger charge is 2.43. The predicted octanol–water partition coefficient (Wildman–Crippen LogP) is 3.32. The molecule has 0 spiro atoms. The molecule has 1 saturated carbocycles. The summed E-state index contributed by atoms with van der Waals surface area (Å²) in [4.78, 5) is 11.3. The number of hydrogen-bond acceptors (Lipinski definition) is 1. The fourth-order valence-electron chi connectivity index (χ4n) is 2.70. The van der Waals surface area contributed by atoms with Crippen LogP contribution in [0.15, 0.2) is 0 Å². The molecule has 2 heteroatoms. The molecule has 0 amide bonds. The van der Waals surface area contributed by atoms with Crippen LogP contribution in [0.2, 0.25) is 0 Å². The summed E-state index contributed by atoms with van der Waals surface area (Å²) in [6, 6.07) is 0. The highest BCUT2D eigenvalue weighted by molar-refractivity contribution is 5.75. The fourth-order valence-corrected chi connectivity index (χ4v) is 2.70. The van der Waals surface area contributed by atoms with E-state index in [0.717, 1.165) is 25.7 Å². The lowest BCUT2D eigenvalue weighted by Crippen LogP contribution is -2.38. The number of terminal acetylenes is 1. The lowest BCUT2D eigenvalue weighted by molar-refractivity contribution is -0.152. The van der Waals surface area contributed by atoms with E-state index in [4.69, 9.17) is 6.42 Å². The van der Waals surface area contributed by atoms with E-state index in [1.807, 2.05) is 0 Å². The summed E-state index contributed by atoms with van der Waals surface area (Å²) in [7, 11) is 0. The van der Waals surface area contributed by atoms with E-state index in [-0.39, 0.29) is 5.41 Å². The van der Waals surface area contributed by atoms with Crippen LogP contribution in [0.25, 0.3) is 0 Å². The average molecular weight is 222 g/mol. The van der Waals surface area contributed by atoms with Gasteiger partial charge in [-0.25, -0.2) is 0 Å². The molecule has 0 aromatic rings. The van der Waals surface area contributed by atoms with E-state index in [1.165, 1.54) is 0 Å². The molecule has 2 nitrogen and oxygen atoms in total. The fraction of sp³-hybridized carbons (Fsp3) is 0.786. The third-order valence-corrected chi connectivity index (χ3v) is 4.06. The summed E-state index contributed by atoms with van der Waals surface area (Å²) < 4.78 is 0. The lowest BCUT2D eigenvalue weighted by Gasteiger charge is -2.41. The summed E-state index contributed by atoms with van der Waals surface area (Å²) in [5.41, 5.74) is -0.364. The molecule has 1 aliphatic rings. The van der Waals surface area contributed by atoms with Gasteiger partial charge in [-0.1, -0.05) is 20.8 Å². The maximum Gasteiger partial charge on any atom is 0.310 e. The van der Waals surface area contributed by atoms with E-state index in [1.54, 1.807) is 0 Å². The summed E-state index contributed by atoms with van der Waals surface area (Å²) >= 11 is 0. The molecule has 0 heterocycles. The molecule has 0 aromatic heterocycles. The molecule has 1 N–H and O–H groups in total. The van der Waals surface area contributed by atoms with Gasteiger partial charge in [-0.05, 0) is 37.0 Å². The van der Waals surface area contributed by atoms with Crippen LogP contribution in [0.4, 0.5) is 0 Å². The Morgan fingerprint density at radius 3 is 2.25 bits per heavy atom. The molecule has 1 fully saturated rings. The maximum atomic E-state index is 11.3. The summed E-state index contributed by atoms with van der Waals surface area (Å²) in [5, 5.41) is 9.31. The topological polar surface area (TPSA) is 37.3 Å². The molecule has 0 radical (unpaired) electrons. The van der Waals surface area contributed by atoms with Crippen LogP contribution >= 0.6 is 0 Å². The van der Waals surface area contributed by atoms with Crippen molar-refractivity contribution in [3.63, 3.8) is 0 Å². The first-order valence-corrected chi connectivity index (χ1v) is 5.99. The van der Waals surface area contributed by atoms with Crippen molar-refractivity contribution in [1.82, 2.24) is 0 Å². The lowest BCUT2D eigenvalue weighted by atomic mass is 9.63. The Hall–Kier alpha value is -0.970. The quantitative estimate of drug-likeness (QED) is 0.728. The van der Waals surface area contributed by atoms with Gasteiger partial charge in [0.25, 0.3) is 0 Å². The van der Waals surface area contributed by atoms with Crippen molar-refractivity contribution in [2.75, 3.05) is 0 Å². The van der Waals surface area contributed by atoms with Crippen LogP contribution in [0.5, 0.6) is 0 Å². The number of carboxylic acid groups (broad SMARTS) is 1. The van der Waals surface area contributed by atoms with Gasteiger partial charge < -0.3 is 5.11 Å². The monoisotopic (exact) mass is 222 g/mol. The van der Waals surface area contributed by atoms with Crippen molar-refractivity contribution in [3.05, 3.63) is 0 Å². The van der Waals surface area contributed by atoms with Crippen LogP contribution in [-0.4, -0.2) is 11.1 Å². The Labute approximate surface area is 98.4 Å². The molecule has 16 heavy (non-hydrogen) atoms. The first kappa shape index (κ1) is 13.1. The Morgan fingerprint density at radius 2 is 1.94 bits per heavy atom. The summed E-state index contributed by atoms with van der Waals surface area (Å²) in [5.74, 6) is 2.44. The molecular formula is C14H22O2. The Morgan fingerprint density at radius 1 is 1.44 bits per heavy atom. The molecule has 0 saturated heterocycles. The number of aliphatic carboxylic acids is 1. The Bertz CT molecular complexity index is 296. The first-order valence-electron chi connectivity index (χ1n) is 5.99. The minimum atomic E-state index is -0.710. The summed E-state index contributed by atoms with van der Waals surface area (Å²) in [6.07, 6.45) is 9.09. The van der Waals surface area contributed by atoms with E-state index in [2.05, 4.69) is 26.7 Å². The Balaban J connectivity index is 2.71.